The third-order valence-corrected chi connectivity index (χ3v) is 12.1. The van der Waals surface area contributed by atoms with Gasteiger partial charge in [-0.2, -0.15) is 0 Å². The van der Waals surface area contributed by atoms with Gasteiger partial charge in [-0.15, -0.1) is 0 Å². The quantitative estimate of drug-likeness (QED) is 0.0580. The molecule has 0 saturated carbocycles. The van der Waals surface area contributed by atoms with Gasteiger partial charge in [0, 0.05) is 25.5 Å². The Labute approximate surface area is 324 Å². The van der Waals surface area contributed by atoms with Crippen molar-refractivity contribution in [3.8, 4) is 0 Å². The predicted molar refractivity (Wildman–Crippen MR) is 233 cm³/mol. The number of unbranched alkanes of at least 4 members (excludes halogenated alkanes) is 37. The highest BCUT2D eigenvalue weighted by molar-refractivity contribution is 4.97. The van der Waals surface area contributed by atoms with Crippen molar-refractivity contribution in [1.82, 2.24) is 9.80 Å². The summed E-state index contributed by atoms with van der Waals surface area (Å²) in [6.07, 6.45) is 64.9. The zero-order valence-electron chi connectivity index (χ0n) is 36.0. The molecule has 2 nitrogen and oxygen atoms in total. The van der Waals surface area contributed by atoms with Crippen molar-refractivity contribution in [2.75, 3.05) is 13.1 Å². The normalized spacial score (nSPS) is 14.5. The summed E-state index contributed by atoms with van der Waals surface area (Å²) in [7, 11) is 0. The van der Waals surface area contributed by atoms with Crippen molar-refractivity contribution in [2.24, 2.45) is 0 Å². The molecule has 0 saturated heterocycles. The Morgan fingerprint density at radius 1 is 0.255 bits per heavy atom. The van der Waals surface area contributed by atoms with Gasteiger partial charge in [0.2, 0.25) is 0 Å². The highest BCUT2D eigenvalue weighted by atomic mass is 15.4. The molecule has 0 aromatic carbocycles. The molecule has 0 spiro atoms. The van der Waals surface area contributed by atoms with Crippen LogP contribution in [-0.2, 0) is 0 Å². The summed E-state index contributed by atoms with van der Waals surface area (Å²) in [5.74, 6) is 0. The Hall–Kier alpha value is -0.660. The molecule has 51 heavy (non-hydrogen) atoms. The van der Waals surface area contributed by atoms with Crippen LogP contribution >= 0.6 is 0 Å². The summed E-state index contributed by atoms with van der Waals surface area (Å²) in [5, 5.41) is 0. The molecular formula is C49H98N2. The maximum Gasteiger partial charge on any atom is 0.101 e. The molecule has 0 bridgehead atoms. The summed E-state index contributed by atoms with van der Waals surface area (Å²) in [6, 6.07) is 0. The van der Waals surface area contributed by atoms with Crippen LogP contribution in [0.3, 0.4) is 0 Å². The van der Waals surface area contributed by atoms with Crippen molar-refractivity contribution in [3.63, 3.8) is 0 Å². The van der Waals surface area contributed by atoms with E-state index in [1.54, 1.807) is 0 Å². The molecular weight excluding hydrogens is 617 g/mol. The number of rotatable bonds is 43. The monoisotopic (exact) mass is 715 g/mol. The van der Waals surface area contributed by atoms with Gasteiger partial charge in [-0.05, 0) is 25.7 Å². The van der Waals surface area contributed by atoms with E-state index in [0.717, 1.165) is 0 Å². The van der Waals surface area contributed by atoms with Crippen molar-refractivity contribution >= 4 is 0 Å². The average Bonchev–Trinajstić information content (AvgIpc) is 3.53. The first-order valence-corrected chi connectivity index (χ1v) is 24.5. The molecule has 0 amide bonds. The Bertz CT molecular complexity index is 673. The zero-order chi connectivity index (χ0) is 36.6. The van der Waals surface area contributed by atoms with Gasteiger partial charge in [0.1, 0.15) is 6.17 Å². The molecule has 1 unspecified atom stereocenters. The maximum atomic E-state index is 2.74. The molecule has 0 radical (unpaired) electrons. The molecule has 0 aromatic heterocycles. The van der Waals surface area contributed by atoms with Crippen LogP contribution in [-0.4, -0.2) is 29.1 Å². The lowest BCUT2D eigenvalue weighted by Gasteiger charge is -2.33. The van der Waals surface area contributed by atoms with Gasteiger partial charge in [-0.25, -0.2) is 0 Å². The fraction of sp³-hybridized carbons (Fsp3) is 0.959. The van der Waals surface area contributed by atoms with Crippen LogP contribution < -0.4 is 0 Å². The van der Waals surface area contributed by atoms with Crippen LogP contribution in [0.1, 0.15) is 284 Å². The van der Waals surface area contributed by atoms with E-state index in [1.165, 1.54) is 276 Å². The van der Waals surface area contributed by atoms with Gasteiger partial charge >= 0.3 is 0 Å². The topological polar surface area (TPSA) is 6.48 Å². The van der Waals surface area contributed by atoms with E-state index >= 15 is 0 Å². The fourth-order valence-electron chi connectivity index (χ4n) is 8.48. The first-order chi connectivity index (χ1) is 25.3. The zero-order valence-corrected chi connectivity index (χ0v) is 36.0. The Morgan fingerprint density at radius 3 is 0.686 bits per heavy atom. The van der Waals surface area contributed by atoms with Gasteiger partial charge in [0.05, 0.1) is 0 Å². The third kappa shape index (κ3) is 32.5. The number of nitrogens with zero attached hydrogens (tertiary/aromatic N) is 2. The molecule has 2 heteroatoms. The van der Waals surface area contributed by atoms with Crippen LogP contribution in [0.15, 0.2) is 12.4 Å². The van der Waals surface area contributed by atoms with Crippen molar-refractivity contribution < 1.29 is 0 Å². The standard InChI is InChI=1S/C49H98N2/c1-4-7-10-13-16-19-22-24-25-26-27-28-29-32-35-38-41-44-49-50(45-42-39-36-33-30-21-18-15-12-9-6-3)47-48-51(49)46-43-40-37-34-31-23-20-17-14-11-8-5-2/h47-49H,4-46H2,1-3H3. The molecule has 1 heterocycles. The molecule has 1 aliphatic heterocycles. The van der Waals surface area contributed by atoms with E-state index in [1.807, 2.05) is 0 Å². The van der Waals surface area contributed by atoms with Gasteiger partial charge in [0.15, 0.2) is 0 Å². The molecule has 0 aliphatic carbocycles. The largest absolute Gasteiger partial charge is 0.356 e. The van der Waals surface area contributed by atoms with Gasteiger partial charge in [0.25, 0.3) is 0 Å². The van der Waals surface area contributed by atoms with E-state index in [4.69, 9.17) is 0 Å². The van der Waals surface area contributed by atoms with Crippen molar-refractivity contribution in [3.05, 3.63) is 12.4 Å². The second-order valence-corrected chi connectivity index (χ2v) is 17.1. The van der Waals surface area contributed by atoms with Crippen LogP contribution in [0.5, 0.6) is 0 Å². The number of hydrogen-bond donors (Lipinski definition) is 0. The summed E-state index contributed by atoms with van der Waals surface area (Å²) < 4.78 is 0. The summed E-state index contributed by atoms with van der Waals surface area (Å²) >= 11 is 0. The third-order valence-electron chi connectivity index (χ3n) is 12.1. The highest BCUT2D eigenvalue weighted by Gasteiger charge is 2.24. The van der Waals surface area contributed by atoms with E-state index in [-0.39, 0.29) is 0 Å². The Morgan fingerprint density at radius 2 is 0.451 bits per heavy atom. The van der Waals surface area contributed by atoms with Crippen molar-refractivity contribution in [2.45, 2.75) is 290 Å². The van der Waals surface area contributed by atoms with Crippen LogP contribution in [0.2, 0.25) is 0 Å². The lowest BCUT2D eigenvalue weighted by molar-refractivity contribution is 0.135. The van der Waals surface area contributed by atoms with E-state index in [2.05, 4.69) is 43.0 Å². The Balaban J connectivity index is 2.19. The molecule has 0 aromatic rings. The van der Waals surface area contributed by atoms with E-state index in [0.29, 0.717) is 6.17 Å². The van der Waals surface area contributed by atoms with E-state index < -0.39 is 0 Å². The molecule has 1 aliphatic rings. The minimum atomic E-state index is 0.636. The number of hydrogen-bond acceptors (Lipinski definition) is 2. The SMILES string of the molecule is CCCCCCCCCCCCCCCCCCCC1N(CCCCCCCCCCCCC)C=CN1CCCCCCCCCCCCCC. The molecule has 0 N–H and O–H groups in total. The second kappa shape index (κ2) is 40.5. The summed E-state index contributed by atoms with van der Waals surface area (Å²) in [5.41, 5.74) is 0. The molecule has 1 rings (SSSR count). The first kappa shape index (κ1) is 48.4. The minimum absolute atomic E-state index is 0.636. The molecule has 1 atom stereocenters. The predicted octanol–water partition coefficient (Wildman–Crippen LogP) is 17.5. The summed E-state index contributed by atoms with van der Waals surface area (Å²) in [4.78, 5) is 5.47. The lowest BCUT2D eigenvalue weighted by atomic mass is 10.0. The van der Waals surface area contributed by atoms with Crippen LogP contribution in [0.4, 0.5) is 0 Å². The molecule has 304 valence electrons. The highest BCUT2D eigenvalue weighted by Crippen LogP contribution is 2.24. The second-order valence-electron chi connectivity index (χ2n) is 17.1. The van der Waals surface area contributed by atoms with Gasteiger partial charge in [-0.3, -0.25) is 0 Å². The van der Waals surface area contributed by atoms with Gasteiger partial charge < -0.3 is 9.80 Å². The van der Waals surface area contributed by atoms with Crippen LogP contribution in [0, 0.1) is 0 Å². The fourth-order valence-corrected chi connectivity index (χ4v) is 8.48. The minimum Gasteiger partial charge on any atom is -0.356 e. The maximum absolute atomic E-state index is 2.74. The van der Waals surface area contributed by atoms with E-state index in [9.17, 15) is 0 Å². The lowest BCUT2D eigenvalue weighted by Crippen LogP contribution is -2.39. The smallest absolute Gasteiger partial charge is 0.101 e. The first-order valence-electron chi connectivity index (χ1n) is 24.5. The summed E-state index contributed by atoms with van der Waals surface area (Å²) in [6.45, 7) is 9.49. The Kier molecular flexibility index (Phi) is 38.4. The average molecular weight is 715 g/mol. The van der Waals surface area contributed by atoms with Gasteiger partial charge in [-0.1, -0.05) is 258 Å². The van der Waals surface area contributed by atoms with Crippen LogP contribution in [0.25, 0.3) is 0 Å². The molecule has 0 fully saturated rings. The van der Waals surface area contributed by atoms with Crippen molar-refractivity contribution in [1.29, 1.82) is 0 Å².